The molecule has 1 saturated carbocycles. The quantitative estimate of drug-likeness (QED) is 0.418. The summed E-state index contributed by atoms with van der Waals surface area (Å²) in [5.74, 6) is 1.34. The molecule has 2 aromatic heterocycles. The van der Waals surface area contributed by atoms with Crippen LogP contribution >= 0.6 is 46.7 Å². The molecule has 24 heavy (non-hydrogen) atoms. The summed E-state index contributed by atoms with van der Waals surface area (Å²) in [7, 11) is 0. The molecule has 3 heterocycles. The van der Waals surface area contributed by atoms with Gasteiger partial charge in [0.1, 0.15) is 5.01 Å². The minimum absolute atomic E-state index is 0. The van der Waals surface area contributed by atoms with Gasteiger partial charge in [0.2, 0.25) is 0 Å². The highest BCUT2D eigenvalue weighted by Gasteiger charge is 2.26. The average molecular weight is 476 g/mol. The van der Waals surface area contributed by atoms with Gasteiger partial charge in [-0.25, -0.2) is 15.0 Å². The van der Waals surface area contributed by atoms with Crippen molar-refractivity contribution in [3.05, 3.63) is 27.7 Å². The first-order valence-electron chi connectivity index (χ1n) is 7.93. The van der Waals surface area contributed by atoms with Crippen molar-refractivity contribution >= 4 is 57.7 Å². The van der Waals surface area contributed by atoms with Gasteiger partial charge in [-0.15, -0.1) is 46.7 Å². The second-order valence-electron chi connectivity index (χ2n) is 5.90. The zero-order chi connectivity index (χ0) is 15.6. The first-order chi connectivity index (χ1) is 11.3. The summed E-state index contributed by atoms with van der Waals surface area (Å²) in [4.78, 5) is 18.0. The maximum atomic E-state index is 6.16. The number of guanidine groups is 1. The van der Waals surface area contributed by atoms with E-state index in [9.17, 15) is 0 Å². The molecule has 1 saturated heterocycles. The summed E-state index contributed by atoms with van der Waals surface area (Å²) in [6.45, 7) is 4.25. The number of piperazine rings is 1. The minimum Gasteiger partial charge on any atom is -0.370 e. The Kier molecular flexibility index (Phi) is 5.93. The lowest BCUT2D eigenvalue weighted by Gasteiger charge is -2.35. The van der Waals surface area contributed by atoms with E-state index in [-0.39, 0.29) is 24.0 Å². The number of aliphatic imine (C=N–C) groups is 1. The molecule has 0 bridgehead atoms. The Morgan fingerprint density at radius 2 is 2.04 bits per heavy atom. The van der Waals surface area contributed by atoms with Crippen LogP contribution in [0.2, 0.25) is 0 Å². The van der Waals surface area contributed by atoms with E-state index in [1.807, 2.05) is 11.6 Å². The summed E-state index contributed by atoms with van der Waals surface area (Å²) in [6, 6.07) is 0. The average Bonchev–Trinajstić information content (AvgIpc) is 3.11. The molecule has 2 N–H and O–H groups in total. The molecule has 0 atom stereocenters. The molecule has 2 aliphatic rings. The van der Waals surface area contributed by atoms with E-state index >= 15 is 0 Å². The maximum Gasteiger partial charge on any atom is 0.191 e. The van der Waals surface area contributed by atoms with E-state index in [0.29, 0.717) is 18.4 Å². The van der Waals surface area contributed by atoms with Gasteiger partial charge in [-0.05, 0) is 12.8 Å². The molecule has 2 fully saturated rings. The second-order valence-corrected chi connectivity index (χ2v) is 7.72. The van der Waals surface area contributed by atoms with Crippen molar-refractivity contribution in [3.63, 3.8) is 0 Å². The monoisotopic (exact) mass is 476 g/mol. The van der Waals surface area contributed by atoms with Crippen LogP contribution in [0.15, 0.2) is 21.9 Å². The van der Waals surface area contributed by atoms with Crippen molar-refractivity contribution in [1.29, 1.82) is 0 Å². The zero-order valence-electron chi connectivity index (χ0n) is 13.3. The highest BCUT2D eigenvalue weighted by molar-refractivity contribution is 14.0. The number of anilines is 1. The van der Waals surface area contributed by atoms with E-state index in [1.54, 1.807) is 22.7 Å². The number of rotatable bonds is 4. The summed E-state index contributed by atoms with van der Waals surface area (Å²) < 4.78 is 0. The van der Waals surface area contributed by atoms with Crippen molar-refractivity contribution in [1.82, 2.24) is 14.9 Å². The number of hydrogen-bond acceptors (Lipinski definition) is 6. The highest BCUT2D eigenvalue weighted by atomic mass is 127. The third-order valence-corrected chi connectivity index (χ3v) is 5.92. The Labute approximate surface area is 166 Å². The number of nitrogens with zero attached hydrogens (tertiary/aromatic N) is 5. The number of halogens is 1. The van der Waals surface area contributed by atoms with Crippen LogP contribution in [-0.4, -0.2) is 47.0 Å². The molecule has 130 valence electrons. The maximum absolute atomic E-state index is 6.16. The highest BCUT2D eigenvalue weighted by Crippen LogP contribution is 2.40. The Balaban J connectivity index is 0.00000169. The summed E-state index contributed by atoms with van der Waals surface area (Å²) in [5, 5.41) is 6.35. The fourth-order valence-corrected chi connectivity index (χ4v) is 4.21. The third kappa shape index (κ3) is 4.17. The Morgan fingerprint density at radius 1 is 1.25 bits per heavy atom. The van der Waals surface area contributed by atoms with Gasteiger partial charge in [0.25, 0.3) is 0 Å². The SMILES string of the molecule is I.NC(=NCc1nc(C2CC2)cs1)N1CCN(c2nccs2)CC1. The second kappa shape index (κ2) is 7.96. The van der Waals surface area contributed by atoms with Crippen LogP contribution in [0, 0.1) is 0 Å². The Morgan fingerprint density at radius 3 is 2.71 bits per heavy atom. The van der Waals surface area contributed by atoms with Crippen molar-refractivity contribution in [2.45, 2.75) is 25.3 Å². The van der Waals surface area contributed by atoms with E-state index in [0.717, 1.165) is 36.3 Å². The zero-order valence-corrected chi connectivity index (χ0v) is 17.3. The van der Waals surface area contributed by atoms with Crippen molar-refractivity contribution < 1.29 is 0 Å². The van der Waals surface area contributed by atoms with Crippen LogP contribution < -0.4 is 10.6 Å². The Bertz CT molecular complexity index is 674. The molecule has 0 unspecified atom stereocenters. The van der Waals surface area contributed by atoms with Crippen molar-refractivity contribution in [3.8, 4) is 0 Å². The molecule has 4 rings (SSSR count). The lowest BCUT2D eigenvalue weighted by atomic mass is 10.3. The van der Waals surface area contributed by atoms with Gasteiger partial charge in [0, 0.05) is 49.1 Å². The van der Waals surface area contributed by atoms with Gasteiger partial charge in [0.15, 0.2) is 11.1 Å². The molecule has 0 amide bonds. The van der Waals surface area contributed by atoms with Crippen LogP contribution in [-0.2, 0) is 6.54 Å². The van der Waals surface area contributed by atoms with Gasteiger partial charge >= 0.3 is 0 Å². The number of thiazole rings is 2. The smallest absolute Gasteiger partial charge is 0.191 e. The predicted octanol–water partition coefficient (Wildman–Crippen LogP) is 2.73. The van der Waals surface area contributed by atoms with E-state index in [4.69, 9.17) is 5.73 Å². The lowest BCUT2D eigenvalue weighted by molar-refractivity contribution is 0.380. The number of nitrogens with two attached hydrogens (primary N) is 1. The van der Waals surface area contributed by atoms with Crippen molar-refractivity contribution in [2.75, 3.05) is 31.1 Å². The Hall–Kier alpha value is -0.940. The van der Waals surface area contributed by atoms with Gasteiger partial charge < -0.3 is 15.5 Å². The van der Waals surface area contributed by atoms with Gasteiger partial charge in [-0.2, -0.15) is 0 Å². The summed E-state index contributed by atoms with van der Waals surface area (Å²) >= 11 is 3.38. The van der Waals surface area contributed by atoms with E-state index in [1.165, 1.54) is 18.5 Å². The largest absolute Gasteiger partial charge is 0.370 e. The summed E-state index contributed by atoms with van der Waals surface area (Å²) in [5.41, 5.74) is 7.41. The number of hydrogen-bond donors (Lipinski definition) is 1. The lowest BCUT2D eigenvalue weighted by Crippen LogP contribution is -2.51. The van der Waals surface area contributed by atoms with Crippen LogP contribution in [0.1, 0.15) is 29.5 Å². The number of aromatic nitrogens is 2. The van der Waals surface area contributed by atoms with E-state index in [2.05, 4.69) is 30.1 Å². The standard InChI is InChI=1S/C15H20N6S2.HI/c16-14(18-9-13-19-12(10-23-13)11-1-2-11)20-4-6-21(7-5-20)15-17-3-8-22-15;/h3,8,10-11H,1-2,4-7,9H2,(H2,16,18);1H. The molecule has 0 radical (unpaired) electrons. The topological polar surface area (TPSA) is 70.6 Å². The van der Waals surface area contributed by atoms with Gasteiger partial charge in [0.05, 0.1) is 12.2 Å². The van der Waals surface area contributed by atoms with Crippen LogP contribution in [0.5, 0.6) is 0 Å². The molecule has 6 nitrogen and oxygen atoms in total. The van der Waals surface area contributed by atoms with Crippen LogP contribution in [0.4, 0.5) is 5.13 Å². The minimum atomic E-state index is 0. The molecular formula is C15H21IN6S2. The molecule has 1 aliphatic heterocycles. The molecule has 2 aromatic rings. The fraction of sp³-hybridized carbons (Fsp3) is 0.533. The van der Waals surface area contributed by atoms with E-state index < -0.39 is 0 Å². The van der Waals surface area contributed by atoms with Crippen LogP contribution in [0.25, 0.3) is 0 Å². The normalized spacial score (nSPS) is 18.6. The molecular weight excluding hydrogens is 455 g/mol. The predicted molar refractivity (Wildman–Crippen MR) is 111 cm³/mol. The molecule has 0 aromatic carbocycles. The van der Waals surface area contributed by atoms with Gasteiger partial charge in [-0.3, -0.25) is 0 Å². The first-order valence-corrected chi connectivity index (χ1v) is 9.69. The summed E-state index contributed by atoms with van der Waals surface area (Å²) in [6.07, 6.45) is 4.43. The van der Waals surface area contributed by atoms with Gasteiger partial charge in [-0.1, -0.05) is 0 Å². The van der Waals surface area contributed by atoms with Crippen molar-refractivity contribution in [2.24, 2.45) is 10.7 Å². The first kappa shape index (κ1) is 17.9. The fourth-order valence-electron chi connectivity index (χ4n) is 2.71. The third-order valence-electron chi connectivity index (χ3n) is 4.23. The molecule has 9 heteroatoms. The molecule has 1 aliphatic carbocycles. The molecule has 0 spiro atoms. The van der Waals surface area contributed by atoms with Crippen LogP contribution in [0.3, 0.4) is 0 Å².